The minimum absolute atomic E-state index is 0.105. The number of ether oxygens (including phenoxy) is 1. The highest BCUT2D eigenvalue weighted by atomic mass is 32.1. The van der Waals surface area contributed by atoms with Gasteiger partial charge in [0.1, 0.15) is 0 Å². The van der Waals surface area contributed by atoms with Gasteiger partial charge in [-0.15, -0.1) is 0 Å². The largest absolute Gasteiger partial charge is 0.379 e. The molecule has 1 aliphatic heterocycles. The molecule has 27 heavy (non-hydrogen) atoms. The summed E-state index contributed by atoms with van der Waals surface area (Å²) >= 11 is 1.50. The van der Waals surface area contributed by atoms with Crippen molar-refractivity contribution >= 4 is 23.2 Å². The molecule has 1 aromatic rings. The molecule has 1 aromatic heterocycles. The van der Waals surface area contributed by atoms with Crippen molar-refractivity contribution in [2.45, 2.75) is 39.0 Å². The minimum Gasteiger partial charge on any atom is -0.379 e. The maximum atomic E-state index is 12.7. The van der Waals surface area contributed by atoms with Crippen LogP contribution in [0.1, 0.15) is 49.4 Å². The summed E-state index contributed by atoms with van der Waals surface area (Å²) in [5, 5.41) is 6.54. The molecule has 0 atom stereocenters. The minimum atomic E-state index is -0.105. The maximum Gasteiger partial charge on any atom is 0.252 e. The Morgan fingerprint density at radius 3 is 2.74 bits per heavy atom. The molecule has 0 unspecified atom stereocenters. The molecule has 2 rings (SSSR count). The van der Waals surface area contributed by atoms with E-state index in [1.807, 2.05) is 15.7 Å². The summed E-state index contributed by atoms with van der Waals surface area (Å²) in [5.74, 6) is 0.0252. The first-order valence-corrected chi connectivity index (χ1v) is 11.0. The van der Waals surface area contributed by atoms with Crippen LogP contribution in [-0.2, 0) is 9.53 Å². The van der Waals surface area contributed by atoms with E-state index in [4.69, 9.17) is 4.74 Å². The van der Waals surface area contributed by atoms with E-state index < -0.39 is 0 Å². The molecule has 0 saturated carbocycles. The fourth-order valence-corrected chi connectivity index (χ4v) is 3.75. The summed E-state index contributed by atoms with van der Waals surface area (Å²) < 4.78 is 5.39. The second kappa shape index (κ2) is 12.9. The number of nitrogens with zero attached hydrogens (tertiary/aromatic N) is 2. The summed E-state index contributed by atoms with van der Waals surface area (Å²) in [6.45, 7) is 8.46. The van der Waals surface area contributed by atoms with Gasteiger partial charge in [-0.1, -0.05) is 26.2 Å². The molecule has 0 radical (unpaired) electrons. The van der Waals surface area contributed by atoms with Crippen molar-refractivity contribution in [3.05, 3.63) is 22.4 Å². The van der Waals surface area contributed by atoms with Gasteiger partial charge < -0.3 is 15.0 Å². The average molecular weight is 396 g/mol. The lowest BCUT2D eigenvalue weighted by Crippen LogP contribution is -2.44. The molecule has 1 saturated heterocycles. The molecule has 2 amide bonds. The van der Waals surface area contributed by atoms with Gasteiger partial charge in [-0.05, 0) is 17.9 Å². The number of nitrogens with one attached hydrogen (secondary N) is 1. The van der Waals surface area contributed by atoms with Crippen molar-refractivity contribution < 1.29 is 14.3 Å². The van der Waals surface area contributed by atoms with E-state index in [9.17, 15) is 9.59 Å². The van der Waals surface area contributed by atoms with Crippen LogP contribution in [0.3, 0.4) is 0 Å². The summed E-state index contributed by atoms with van der Waals surface area (Å²) in [4.78, 5) is 29.0. The number of hydrogen-bond donors (Lipinski definition) is 1. The molecular weight excluding hydrogens is 362 g/mol. The molecule has 7 heteroatoms. The van der Waals surface area contributed by atoms with Crippen LogP contribution >= 0.6 is 11.3 Å². The third kappa shape index (κ3) is 8.41. The smallest absolute Gasteiger partial charge is 0.252 e. The normalized spacial score (nSPS) is 14.9. The quantitative estimate of drug-likeness (QED) is 0.553. The monoisotopic (exact) mass is 395 g/mol. The van der Waals surface area contributed by atoms with Gasteiger partial charge >= 0.3 is 0 Å². The highest BCUT2D eigenvalue weighted by Crippen LogP contribution is 2.07. The van der Waals surface area contributed by atoms with Crippen LogP contribution in [-0.4, -0.2) is 74.1 Å². The van der Waals surface area contributed by atoms with Gasteiger partial charge in [0.25, 0.3) is 5.91 Å². The van der Waals surface area contributed by atoms with Crippen LogP contribution in [0.15, 0.2) is 16.8 Å². The number of thiophene rings is 1. The highest BCUT2D eigenvalue weighted by molar-refractivity contribution is 7.08. The first kappa shape index (κ1) is 21.9. The Morgan fingerprint density at radius 2 is 2.04 bits per heavy atom. The second-order valence-electron chi connectivity index (χ2n) is 6.91. The molecule has 1 fully saturated rings. The lowest BCUT2D eigenvalue weighted by atomic mass is 10.2. The third-order valence-electron chi connectivity index (χ3n) is 4.83. The van der Waals surface area contributed by atoms with E-state index in [0.717, 1.165) is 58.8 Å². The standard InChI is InChI=1S/C20H33N3O3S/c1-2-3-4-5-9-23(11-10-22-12-14-26-15-13-22)19(24)6-8-21-20(25)18-7-16-27-17-18/h7,16-17H,2-6,8-15H2,1H3,(H,21,25). The Hall–Kier alpha value is -1.44. The van der Waals surface area contributed by atoms with E-state index in [1.54, 1.807) is 6.07 Å². The average Bonchev–Trinajstić information content (AvgIpc) is 3.23. The SMILES string of the molecule is CCCCCCN(CCN1CCOCC1)C(=O)CCNC(=O)c1ccsc1. The van der Waals surface area contributed by atoms with Gasteiger partial charge in [-0.25, -0.2) is 0 Å². The number of unbranched alkanes of at least 4 members (excludes halogenated alkanes) is 3. The molecule has 0 aromatic carbocycles. The lowest BCUT2D eigenvalue weighted by molar-refractivity contribution is -0.131. The zero-order valence-electron chi connectivity index (χ0n) is 16.5. The molecule has 0 bridgehead atoms. The topological polar surface area (TPSA) is 61.9 Å². The van der Waals surface area contributed by atoms with Crippen molar-refractivity contribution in [1.82, 2.24) is 15.1 Å². The second-order valence-corrected chi connectivity index (χ2v) is 7.69. The Bertz CT molecular complexity index is 545. The van der Waals surface area contributed by atoms with E-state index in [-0.39, 0.29) is 11.8 Å². The molecule has 1 aliphatic rings. The zero-order chi connectivity index (χ0) is 19.3. The summed E-state index contributed by atoms with van der Waals surface area (Å²) in [6.07, 6.45) is 4.96. The lowest BCUT2D eigenvalue weighted by Gasteiger charge is -2.30. The summed E-state index contributed by atoms with van der Waals surface area (Å²) in [6, 6.07) is 1.80. The fourth-order valence-electron chi connectivity index (χ4n) is 3.11. The van der Waals surface area contributed by atoms with Crippen LogP contribution in [0.5, 0.6) is 0 Å². The Kier molecular flexibility index (Phi) is 10.4. The first-order chi connectivity index (χ1) is 13.2. The fraction of sp³-hybridized carbons (Fsp3) is 0.700. The van der Waals surface area contributed by atoms with Crippen molar-refractivity contribution in [3.8, 4) is 0 Å². The molecular formula is C20H33N3O3S. The summed E-state index contributed by atoms with van der Waals surface area (Å²) in [7, 11) is 0. The van der Waals surface area contributed by atoms with Gasteiger partial charge in [0, 0.05) is 56.6 Å². The van der Waals surface area contributed by atoms with Crippen molar-refractivity contribution in [1.29, 1.82) is 0 Å². The van der Waals surface area contributed by atoms with E-state index in [1.165, 1.54) is 24.2 Å². The van der Waals surface area contributed by atoms with Gasteiger partial charge in [-0.3, -0.25) is 14.5 Å². The number of amides is 2. The Labute approximate surface area is 166 Å². The summed E-state index contributed by atoms with van der Waals surface area (Å²) in [5.41, 5.74) is 0.663. The number of morpholine rings is 1. The Balaban J connectivity index is 1.74. The molecule has 152 valence electrons. The molecule has 6 nitrogen and oxygen atoms in total. The van der Waals surface area contributed by atoms with Crippen LogP contribution in [0.2, 0.25) is 0 Å². The predicted octanol–water partition coefficient (Wildman–Crippen LogP) is 2.61. The molecule has 2 heterocycles. The molecule has 1 N–H and O–H groups in total. The van der Waals surface area contributed by atoms with Crippen LogP contribution in [0, 0.1) is 0 Å². The molecule has 0 spiro atoms. The molecule has 0 aliphatic carbocycles. The predicted molar refractivity (Wildman–Crippen MR) is 109 cm³/mol. The highest BCUT2D eigenvalue weighted by Gasteiger charge is 2.17. The van der Waals surface area contributed by atoms with Crippen LogP contribution in [0.4, 0.5) is 0 Å². The van der Waals surface area contributed by atoms with Crippen molar-refractivity contribution in [2.24, 2.45) is 0 Å². The first-order valence-electron chi connectivity index (χ1n) is 10.1. The van der Waals surface area contributed by atoms with Gasteiger partial charge in [0.15, 0.2) is 0 Å². The van der Waals surface area contributed by atoms with Gasteiger partial charge in [0.05, 0.1) is 13.2 Å². The zero-order valence-corrected chi connectivity index (χ0v) is 17.3. The van der Waals surface area contributed by atoms with Crippen molar-refractivity contribution in [2.75, 3.05) is 52.5 Å². The third-order valence-corrected chi connectivity index (χ3v) is 5.52. The van der Waals surface area contributed by atoms with Gasteiger partial charge in [0.2, 0.25) is 5.91 Å². The van der Waals surface area contributed by atoms with Crippen LogP contribution < -0.4 is 5.32 Å². The van der Waals surface area contributed by atoms with E-state index in [2.05, 4.69) is 17.1 Å². The number of hydrogen-bond acceptors (Lipinski definition) is 5. The van der Waals surface area contributed by atoms with Gasteiger partial charge in [-0.2, -0.15) is 11.3 Å². The van der Waals surface area contributed by atoms with E-state index >= 15 is 0 Å². The van der Waals surface area contributed by atoms with Crippen LogP contribution in [0.25, 0.3) is 0 Å². The number of rotatable bonds is 12. The van der Waals surface area contributed by atoms with Crippen molar-refractivity contribution in [3.63, 3.8) is 0 Å². The van der Waals surface area contributed by atoms with E-state index in [0.29, 0.717) is 18.5 Å². The number of carbonyl (C=O) groups is 2. The Morgan fingerprint density at radius 1 is 1.22 bits per heavy atom. The number of carbonyl (C=O) groups excluding carboxylic acids is 2. The maximum absolute atomic E-state index is 12.7.